The highest BCUT2D eigenvalue weighted by molar-refractivity contribution is 5.86. The third-order valence-electron chi connectivity index (χ3n) is 1.51. The maximum atomic E-state index is 5.68. The number of rotatable bonds is 1. The Hall–Kier alpha value is -1.31. The molecule has 1 aromatic carbocycles. The van der Waals surface area contributed by atoms with Crippen LogP contribution in [0.4, 0.5) is 5.69 Å². The Morgan fingerprint density at radius 3 is 2.82 bits per heavy atom. The first kappa shape index (κ1) is 7.79. The molecule has 0 heterocycles. The van der Waals surface area contributed by atoms with E-state index in [1.165, 1.54) is 5.56 Å². The van der Waals surface area contributed by atoms with E-state index in [4.69, 9.17) is 5.73 Å². The van der Waals surface area contributed by atoms with Gasteiger partial charge in [0.15, 0.2) is 0 Å². The van der Waals surface area contributed by atoms with Crippen LogP contribution in [0, 0.1) is 6.92 Å². The summed E-state index contributed by atoms with van der Waals surface area (Å²) in [5.41, 5.74) is 8.66. The number of hydrogen-bond donors (Lipinski definition) is 1. The number of aliphatic imine (C=N–C) groups is 1. The predicted molar refractivity (Wildman–Crippen MR) is 49.1 cm³/mol. The predicted octanol–water partition coefficient (Wildman–Crippen LogP) is 1.63. The SMILES string of the molecule is CN=Cc1cc(C)ccc1N. The molecule has 0 aromatic heterocycles. The zero-order valence-corrected chi connectivity index (χ0v) is 6.83. The van der Waals surface area contributed by atoms with E-state index in [1.807, 2.05) is 25.1 Å². The van der Waals surface area contributed by atoms with Crippen molar-refractivity contribution in [3.63, 3.8) is 0 Å². The van der Waals surface area contributed by atoms with E-state index in [-0.39, 0.29) is 0 Å². The lowest BCUT2D eigenvalue weighted by Crippen LogP contribution is -1.93. The molecule has 0 radical (unpaired) electrons. The van der Waals surface area contributed by atoms with Crippen LogP contribution in [0.5, 0.6) is 0 Å². The first-order chi connectivity index (χ1) is 5.24. The van der Waals surface area contributed by atoms with Gasteiger partial charge in [0.2, 0.25) is 0 Å². The van der Waals surface area contributed by atoms with Crippen LogP contribution >= 0.6 is 0 Å². The number of nitrogens with zero attached hydrogens (tertiary/aromatic N) is 1. The lowest BCUT2D eigenvalue weighted by atomic mass is 10.1. The third kappa shape index (κ3) is 1.80. The molecule has 2 heteroatoms. The highest BCUT2D eigenvalue weighted by atomic mass is 14.6. The number of nitrogen functional groups attached to an aromatic ring is 1. The van der Waals surface area contributed by atoms with Crippen LogP contribution in [0.25, 0.3) is 0 Å². The topological polar surface area (TPSA) is 38.4 Å². The van der Waals surface area contributed by atoms with Gasteiger partial charge in [-0.3, -0.25) is 4.99 Å². The van der Waals surface area contributed by atoms with Crippen molar-refractivity contribution in [3.05, 3.63) is 29.3 Å². The Balaban J connectivity index is 3.12. The second-order valence-electron chi connectivity index (χ2n) is 2.52. The molecule has 1 rings (SSSR count). The fourth-order valence-corrected chi connectivity index (χ4v) is 0.945. The molecule has 0 saturated heterocycles. The molecule has 0 bridgehead atoms. The largest absolute Gasteiger partial charge is 0.398 e. The first-order valence-electron chi connectivity index (χ1n) is 3.52. The van der Waals surface area contributed by atoms with E-state index in [2.05, 4.69) is 4.99 Å². The Bertz CT molecular complexity index is 277. The molecule has 11 heavy (non-hydrogen) atoms. The van der Waals surface area contributed by atoms with Crippen molar-refractivity contribution in [1.82, 2.24) is 0 Å². The molecule has 0 aliphatic carbocycles. The molecule has 1 aromatic rings. The Labute approximate surface area is 66.8 Å². The molecule has 0 spiro atoms. The highest BCUT2D eigenvalue weighted by Gasteiger charge is 1.93. The molecular weight excluding hydrogens is 136 g/mol. The molecule has 0 unspecified atom stereocenters. The molecule has 2 nitrogen and oxygen atoms in total. The molecule has 58 valence electrons. The summed E-state index contributed by atoms with van der Waals surface area (Å²) >= 11 is 0. The Morgan fingerprint density at radius 1 is 1.45 bits per heavy atom. The molecule has 0 amide bonds. The summed E-state index contributed by atoms with van der Waals surface area (Å²) in [6, 6.07) is 5.90. The fraction of sp³-hybridized carbons (Fsp3) is 0.222. The van der Waals surface area contributed by atoms with Crippen molar-refractivity contribution < 1.29 is 0 Å². The average Bonchev–Trinajstić information content (AvgIpc) is 1.98. The van der Waals surface area contributed by atoms with Gasteiger partial charge in [-0.2, -0.15) is 0 Å². The lowest BCUT2D eigenvalue weighted by molar-refractivity contribution is 1.43. The van der Waals surface area contributed by atoms with E-state index < -0.39 is 0 Å². The molecule has 0 atom stereocenters. The smallest absolute Gasteiger partial charge is 0.0403 e. The van der Waals surface area contributed by atoms with Crippen LogP contribution in [0.15, 0.2) is 23.2 Å². The zero-order valence-electron chi connectivity index (χ0n) is 6.83. The van der Waals surface area contributed by atoms with Crippen molar-refractivity contribution >= 4 is 11.9 Å². The van der Waals surface area contributed by atoms with Crippen LogP contribution in [-0.2, 0) is 0 Å². The molecule has 2 N–H and O–H groups in total. The summed E-state index contributed by atoms with van der Waals surface area (Å²) in [6.45, 7) is 2.03. The van der Waals surface area contributed by atoms with E-state index in [9.17, 15) is 0 Å². The standard InChI is InChI=1S/C9H12N2/c1-7-3-4-9(10)8(5-7)6-11-2/h3-6H,10H2,1-2H3. The van der Waals surface area contributed by atoms with Crippen molar-refractivity contribution in [2.75, 3.05) is 12.8 Å². The minimum atomic E-state index is 0.779. The van der Waals surface area contributed by atoms with E-state index in [0.717, 1.165) is 11.3 Å². The average molecular weight is 148 g/mol. The number of aryl methyl sites for hydroxylation is 1. The fourth-order valence-electron chi connectivity index (χ4n) is 0.945. The Kier molecular flexibility index (Phi) is 2.26. The van der Waals surface area contributed by atoms with Gasteiger partial charge in [0, 0.05) is 24.5 Å². The summed E-state index contributed by atoms with van der Waals surface area (Å²) in [6.07, 6.45) is 1.77. The summed E-state index contributed by atoms with van der Waals surface area (Å²) in [4.78, 5) is 3.90. The number of nitrogens with two attached hydrogens (primary N) is 1. The van der Waals surface area contributed by atoms with Crippen molar-refractivity contribution in [1.29, 1.82) is 0 Å². The van der Waals surface area contributed by atoms with E-state index in [1.54, 1.807) is 13.3 Å². The Morgan fingerprint density at radius 2 is 2.18 bits per heavy atom. The second-order valence-corrected chi connectivity index (χ2v) is 2.52. The quantitative estimate of drug-likeness (QED) is 0.477. The van der Waals surface area contributed by atoms with Gasteiger partial charge in [0.1, 0.15) is 0 Å². The van der Waals surface area contributed by atoms with Gasteiger partial charge < -0.3 is 5.73 Å². The summed E-state index contributed by atoms with van der Waals surface area (Å²) < 4.78 is 0. The number of anilines is 1. The van der Waals surface area contributed by atoms with Crippen molar-refractivity contribution in [2.45, 2.75) is 6.92 Å². The summed E-state index contributed by atoms with van der Waals surface area (Å²) in [5, 5.41) is 0. The van der Waals surface area contributed by atoms with E-state index >= 15 is 0 Å². The monoisotopic (exact) mass is 148 g/mol. The van der Waals surface area contributed by atoms with Crippen molar-refractivity contribution in [2.24, 2.45) is 4.99 Å². The minimum absolute atomic E-state index is 0.779. The minimum Gasteiger partial charge on any atom is -0.398 e. The van der Waals surface area contributed by atoms with Gasteiger partial charge >= 0.3 is 0 Å². The normalized spacial score (nSPS) is 10.7. The number of benzene rings is 1. The number of hydrogen-bond acceptors (Lipinski definition) is 2. The van der Waals surface area contributed by atoms with Crippen LogP contribution in [0.2, 0.25) is 0 Å². The maximum absolute atomic E-state index is 5.68. The molecule has 0 aliphatic heterocycles. The van der Waals surface area contributed by atoms with Gasteiger partial charge in [-0.1, -0.05) is 11.6 Å². The molecular formula is C9H12N2. The van der Waals surface area contributed by atoms with Crippen molar-refractivity contribution in [3.8, 4) is 0 Å². The highest BCUT2D eigenvalue weighted by Crippen LogP contribution is 2.10. The van der Waals surface area contributed by atoms with Gasteiger partial charge in [-0.15, -0.1) is 0 Å². The third-order valence-corrected chi connectivity index (χ3v) is 1.51. The lowest BCUT2D eigenvalue weighted by Gasteiger charge is -1.99. The van der Waals surface area contributed by atoms with Crippen LogP contribution in [0.3, 0.4) is 0 Å². The summed E-state index contributed by atoms with van der Waals surface area (Å²) in [5.74, 6) is 0. The van der Waals surface area contributed by atoms with Crippen LogP contribution in [-0.4, -0.2) is 13.3 Å². The zero-order chi connectivity index (χ0) is 8.27. The van der Waals surface area contributed by atoms with E-state index in [0.29, 0.717) is 0 Å². The van der Waals surface area contributed by atoms with Crippen LogP contribution in [0.1, 0.15) is 11.1 Å². The second kappa shape index (κ2) is 3.19. The molecule has 0 saturated carbocycles. The van der Waals surface area contributed by atoms with Gasteiger partial charge in [-0.05, 0) is 19.1 Å². The maximum Gasteiger partial charge on any atom is 0.0403 e. The van der Waals surface area contributed by atoms with Gasteiger partial charge in [-0.25, -0.2) is 0 Å². The molecule has 0 fully saturated rings. The summed E-state index contributed by atoms with van der Waals surface area (Å²) in [7, 11) is 1.74. The molecule has 0 aliphatic rings. The van der Waals surface area contributed by atoms with Gasteiger partial charge in [0.05, 0.1) is 0 Å². The van der Waals surface area contributed by atoms with Crippen LogP contribution < -0.4 is 5.73 Å². The van der Waals surface area contributed by atoms with Gasteiger partial charge in [0.25, 0.3) is 0 Å². The first-order valence-corrected chi connectivity index (χ1v) is 3.52.